The number of hydrogen-bond donors (Lipinski definition) is 0. The zero-order chi connectivity index (χ0) is 16.5. The SMILES string of the molecule is O=C(Oc1ccc2oc(C3CCCC3)cc(=O)c2c1)C1CCCC1. The summed E-state index contributed by atoms with van der Waals surface area (Å²) in [4.78, 5) is 24.6. The van der Waals surface area contributed by atoms with Crippen LogP contribution < -0.4 is 10.2 Å². The Hall–Kier alpha value is -2.10. The topological polar surface area (TPSA) is 56.5 Å². The number of carbonyl (C=O) groups is 1. The number of ether oxygens (including phenoxy) is 1. The lowest BCUT2D eigenvalue weighted by atomic mass is 10.0. The molecule has 1 aromatic carbocycles. The predicted octanol–water partition coefficient (Wildman–Crippen LogP) is 4.55. The first-order valence-corrected chi connectivity index (χ1v) is 9.00. The summed E-state index contributed by atoms with van der Waals surface area (Å²) in [5.41, 5.74) is 0.516. The Labute approximate surface area is 140 Å². The molecule has 4 heteroatoms. The molecule has 2 fully saturated rings. The number of esters is 1. The highest BCUT2D eigenvalue weighted by atomic mass is 16.5. The van der Waals surface area contributed by atoms with Gasteiger partial charge in [-0.15, -0.1) is 0 Å². The van der Waals surface area contributed by atoms with Crippen LogP contribution in [0.5, 0.6) is 5.75 Å². The van der Waals surface area contributed by atoms with Gasteiger partial charge in [0, 0.05) is 12.0 Å². The molecule has 0 bridgehead atoms. The maximum atomic E-state index is 12.4. The van der Waals surface area contributed by atoms with Crippen molar-refractivity contribution >= 4 is 16.9 Å². The molecule has 1 aromatic heterocycles. The van der Waals surface area contributed by atoms with Crippen molar-refractivity contribution < 1.29 is 13.9 Å². The lowest BCUT2D eigenvalue weighted by Crippen LogP contribution is -2.17. The van der Waals surface area contributed by atoms with Gasteiger partial charge in [0.2, 0.25) is 0 Å². The van der Waals surface area contributed by atoms with E-state index in [9.17, 15) is 9.59 Å². The van der Waals surface area contributed by atoms with Crippen LogP contribution in [0.3, 0.4) is 0 Å². The quantitative estimate of drug-likeness (QED) is 0.613. The van der Waals surface area contributed by atoms with Gasteiger partial charge in [0.15, 0.2) is 5.43 Å². The number of carbonyl (C=O) groups excluding carboxylic acids is 1. The van der Waals surface area contributed by atoms with Crippen LogP contribution in [0.15, 0.2) is 33.5 Å². The molecule has 0 radical (unpaired) electrons. The van der Waals surface area contributed by atoms with Crippen molar-refractivity contribution in [3.63, 3.8) is 0 Å². The van der Waals surface area contributed by atoms with Gasteiger partial charge in [-0.25, -0.2) is 0 Å². The average Bonchev–Trinajstić information content (AvgIpc) is 3.29. The third-order valence-corrected chi connectivity index (χ3v) is 5.38. The molecule has 1 heterocycles. The molecule has 0 spiro atoms. The minimum Gasteiger partial charge on any atom is -0.461 e. The van der Waals surface area contributed by atoms with Gasteiger partial charge in [-0.05, 0) is 43.9 Å². The molecule has 4 rings (SSSR count). The van der Waals surface area contributed by atoms with E-state index in [1.165, 1.54) is 12.8 Å². The van der Waals surface area contributed by atoms with Gasteiger partial charge in [-0.3, -0.25) is 9.59 Å². The highest BCUT2D eigenvalue weighted by molar-refractivity contribution is 5.81. The van der Waals surface area contributed by atoms with Crippen LogP contribution in [0.1, 0.15) is 63.0 Å². The summed E-state index contributed by atoms with van der Waals surface area (Å²) in [5.74, 6) is 1.41. The minimum atomic E-state index is -0.182. The Bertz CT molecular complexity index is 808. The van der Waals surface area contributed by atoms with E-state index >= 15 is 0 Å². The highest BCUT2D eigenvalue weighted by Gasteiger charge is 2.25. The third kappa shape index (κ3) is 2.97. The number of fused-ring (bicyclic) bond motifs is 1. The van der Waals surface area contributed by atoms with Crippen LogP contribution in [-0.2, 0) is 4.79 Å². The van der Waals surface area contributed by atoms with Crippen molar-refractivity contribution in [3.05, 3.63) is 40.2 Å². The van der Waals surface area contributed by atoms with Crippen molar-refractivity contribution in [2.75, 3.05) is 0 Å². The van der Waals surface area contributed by atoms with Crippen molar-refractivity contribution in [2.24, 2.45) is 5.92 Å². The molecule has 2 aliphatic rings. The number of rotatable bonds is 3. The summed E-state index contributed by atoms with van der Waals surface area (Å²) in [6, 6.07) is 6.70. The maximum absolute atomic E-state index is 12.4. The lowest BCUT2D eigenvalue weighted by Gasteiger charge is -2.11. The van der Waals surface area contributed by atoms with Gasteiger partial charge in [-0.1, -0.05) is 25.7 Å². The predicted molar refractivity (Wildman–Crippen MR) is 91.3 cm³/mol. The van der Waals surface area contributed by atoms with Crippen LogP contribution in [0.25, 0.3) is 11.0 Å². The molecule has 0 unspecified atom stereocenters. The fourth-order valence-corrected chi connectivity index (χ4v) is 3.99. The van der Waals surface area contributed by atoms with Gasteiger partial charge in [0.25, 0.3) is 0 Å². The molecule has 0 N–H and O–H groups in total. The number of benzene rings is 1. The Morgan fingerprint density at radius 2 is 1.71 bits per heavy atom. The second kappa shape index (κ2) is 6.42. The van der Waals surface area contributed by atoms with E-state index in [1.807, 2.05) is 0 Å². The average molecular weight is 326 g/mol. The Morgan fingerprint density at radius 3 is 2.46 bits per heavy atom. The van der Waals surface area contributed by atoms with E-state index in [0.29, 0.717) is 22.6 Å². The van der Waals surface area contributed by atoms with Gasteiger partial charge < -0.3 is 9.15 Å². The molecular formula is C20H22O4. The highest BCUT2D eigenvalue weighted by Crippen LogP contribution is 2.35. The van der Waals surface area contributed by atoms with Crippen LogP contribution >= 0.6 is 0 Å². The van der Waals surface area contributed by atoms with E-state index in [-0.39, 0.29) is 17.3 Å². The molecule has 4 nitrogen and oxygen atoms in total. The lowest BCUT2D eigenvalue weighted by molar-refractivity contribution is -0.138. The fourth-order valence-electron chi connectivity index (χ4n) is 3.99. The maximum Gasteiger partial charge on any atom is 0.314 e. The molecule has 0 amide bonds. The molecule has 126 valence electrons. The van der Waals surface area contributed by atoms with Crippen LogP contribution in [0, 0.1) is 5.92 Å². The van der Waals surface area contributed by atoms with Crippen molar-refractivity contribution in [1.82, 2.24) is 0 Å². The summed E-state index contributed by atoms with van der Waals surface area (Å²) in [5, 5.41) is 0.480. The molecule has 24 heavy (non-hydrogen) atoms. The van der Waals surface area contributed by atoms with Crippen LogP contribution in [-0.4, -0.2) is 5.97 Å². The van der Waals surface area contributed by atoms with Crippen LogP contribution in [0.4, 0.5) is 0 Å². The molecule has 0 atom stereocenters. The molecule has 2 aromatic rings. The first-order chi connectivity index (χ1) is 11.7. The van der Waals surface area contributed by atoms with Crippen molar-refractivity contribution in [3.8, 4) is 5.75 Å². The van der Waals surface area contributed by atoms with Crippen molar-refractivity contribution in [1.29, 1.82) is 0 Å². The largest absolute Gasteiger partial charge is 0.461 e. The summed E-state index contributed by atoms with van der Waals surface area (Å²) < 4.78 is 11.4. The van der Waals surface area contributed by atoms with E-state index in [2.05, 4.69) is 0 Å². The summed E-state index contributed by atoms with van der Waals surface area (Å²) in [6.45, 7) is 0. The van der Waals surface area contributed by atoms with Gasteiger partial charge >= 0.3 is 5.97 Å². The Kier molecular flexibility index (Phi) is 4.13. The second-order valence-electron chi connectivity index (χ2n) is 7.05. The fraction of sp³-hybridized carbons (Fsp3) is 0.500. The van der Waals surface area contributed by atoms with Gasteiger partial charge in [0.1, 0.15) is 17.1 Å². The molecule has 2 aliphatic carbocycles. The van der Waals surface area contributed by atoms with Gasteiger partial charge in [-0.2, -0.15) is 0 Å². The first-order valence-electron chi connectivity index (χ1n) is 9.00. The monoisotopic (exact) mass is 326 g/mol. The Balaban J connectivity index is 1.60. The summed E-state index contributed by atoms with van der Waals surface area (Å²) in [6.07, 6.45) is 8.55. The molecule has 2 saturated carbocycles. The Morgan fingerprint density at radius 1 is 1.00 bits per heavy atom. The van der Waals surface area contributed by atoms with Gasteiger partial charge in [0.05, 0.1) is 11.3 Å². The first kappa shape index (κ1) is 15.4. The minimum absolute atomic E-state index is 0.00171. The standard InChI is InChI=1S/C20H22O4/c21-17-12-19(13-5-1-2-6-13)24-18-10-9-15(11-16(17)18)23-20(22)14-7-3-4-8-14/h9-14H,1-8H2. The van der Waals surface area contributed by atoms with E-state index in [1.54, 1.807) is 24.3 Å². The summed E-state index contributed by atoms with van der Waals surface area (Å²) >= 11 is 0. The smallest absolute Gasteiger partial charge is 0.314 e. The zero-order valence-electron chi connectivity index (χ0n) is 13.8. The van der Waals surface area contributed by atoms with Crippen LogP contribution in [0.2, 0.25) is 0 Å². The normalized spacial score (nSPS) is 19.2. The second-order valence-corrected chi connectivity index (χ2v) is 7.05. The van der Waals surface area contributed by atoms with E-state index < -0.39 is 0 Å². The zero-order valence-corrected chi connectivity index (χ0v) is 13.8. The summed E-state index contributed by atoms with van der Waals surface area (Å²) in [7, 11) is 0. The van der Waals surface area contributed by atoms with E-state index in [4.69, 9.17) is 9.15 Å². The molecule has 0 aliphatic heterocycles. The number of hydrogen-bond acceptors (Lipinski definition) is 4. The van der Waals surface area contributed by atoms with E-state index in [0.717, 1.165) is 44.3 Å². The molecular weight excluding hydrogens is 304 g/mol. The van der Waals surface area contributed by atoms with Crippen molar-refractivity contribution in [2.45, 2.75) is 57.3 Å². The molecule has 0 saturated heterocycles. The third-order valence-electron chi connectivity index (χ3n) is 5.38.